The Morgan fingerprint density at radius 3 is 2.68 bits per heavy atom. The molecule has 0 unspecified atom stereocenters. The van der Waals surface area contributed by atoms with Gasteiger partial charge in [-0.1, -0.05) is 0 Å². The number of carbonyl (C=O) groups excluding carboxylic acids is 3. The van der Waals surface area contributed by atoms with Gasteiger partial charge in [0.1, 0.15) is 11.8 Å². The Balaban J connectivity index is 1.53. The van der Waals surface area contributed by atoms with Crippen LogP contribution in [0.5, 0.6) is 11.5 Å². The summed E-state index contributed by atoms with van der Waals surface area (Å²) < 4.78 is 15.5. The van der Waals surface area contributed by atoms with Crippen molar-refractivity contribution in [2.45, 2.75) is 25.4 Å². The molecular weight excluding hydrogens is 366 g/mol. The summed E-state index contributed by atoms with van der Waals surface area (Å²) in [4.78, 5) is 37.7. The van der Waals surface area contributed by atoms with Gasteiger partial charge in [0.2, 0.25) is 5.91 Å². The molecule has 2 heterocycles. The largest absolute Gasteiger partial charge is 0.493 e. The second kappa shape index (κ2) is 8.47. The van der Waals surface area contributed by atoms with Gasteiger partial charge in [-0.05, 0) is 30.7 Å². The van der Waals surface area contributed by atoms with Gasteiger partial charge in [-0.2, -0.15) is 0 Å². The molecule has 0 saturated carbocycles. The fraction of sp³-hybridized carbons (Fsp3) is 0.316. The highest BCUT2D eigenvalue weighted by molar-refractivity contribution is 6.04. The summed E-state index contributed by atoms with van der Waals surface area (Å²) in [6.45, 7) is 0.0615. The minimum Gasteiger partial charge on any atom is -0.493 e. The highest BCUT2D eigenvalue weighted by Crippen LogP contribution is 2.29. The molecule has 1 aliphatic rings. The summed E-state index contributed by atoms with van der Waals surface area (Å²) >= 11 is 0. The number of anilines is 1. The molecule has 2 aromatic rings. The number of hydrogen-bond acceptors (Lipinski definition) is 6. The van der Waals surface area contributed by atoms with Crippen LogP contribution in [-0.2, 0) is 16.1 Å². The van der Waals surface area contributed by atoms with E-state index in [0.717, 1.165) is 4.90 Å². The van der Waals surface area contributed by atoms with Crippen LogP contribution < -0.4 is 20.1 Å². The Morgan fingerprint density at radius 1 is 1.21 bits per heavy atom. The third-order valence-electron chi connectivity index (χ3n) is 4.33. The van der Waals surface area contributed by atoms with Gasteiger partial charge in [0, 0.05) is 18.2 Å². The van der Waals surface area contributed by atoms with E-state index >= 15 is 0 Å². The molecule has 1 saturated heterocycles. The predicted molar refractivity (Wildman–Crippen MR) is 99.0 cm³/mol. The number of amides is 4. The van der Waals surface area contributed by atoms with Crippen molar-refractivity contribution in [3.63, 3.8) is 0 Å². The lowest BCUT2D eigenvalue weighted by Gasteiger charge is -2.12. The number of furan rings is 1. The highest BCUT2D eigenvalue weighted by atomic mass is 16.5. The minimum absolute atomic E-state index is 0.0615. The van der Waals surface area contributed by atoms with E-state index < -0.39 is 12.1 Å². The smallest absolute Gasteiger partial charge is 0.325 e. The van der Waals surface area contributed by atoms with Crippen LogP contribution >= 0.6 is 0 Å². The van der Waals surface area contributed by atoms with Crippen LogP contribution in [0.15, 0.2) is 41.0 Å². The molecule has 1 aromatic heterocycles. The van der Waals surface area contributed by atoms with E-state index in [4.69, 9.17) is 13.9 Å². The van der Waals surface area contributed by atoms with Gasteiger partial charge in [-0.3, -0.25) is 14.5 Å². The third-order valence-corrected chi connectivity index (χ3v) is 4.33. The van der Waals surface area contributed by atoms with Gasteiger partial charge in [0.05, 0.1) is 27.0 Å². The fourth-order valence-corrected chi connectivity index (χ4v) is 2.89. The van der Waals surface area contributed by atoms with Crippen LogP contribution in [-0.4, -0.2) is 43.0 Å². The first-order valence-electron chi connectivity index (χ1n) is 8.68. The van der Waals surface area contributed by atoms with Crippen LogP contribution in [0.2, 0.25) is 0 Å². The van der Waals surface area contributed by atoms with Gasteiger partial charge in [0.15, 0.2) is 11.5 Å². The van der Waals surface area contributed by atoms with E-state index in [1.54, 1.807) is 30.3 Å². The number of methoxy groups -OCH3 is 2. The molecular formula is C19H21N3O6. The molecule has 0 spiro atoms. The summed E-state index contributed by atoms with van der Waals surface area (Å²) in [5.74, 6) is 0.901. The van der Waals surface area contributed by atoms with E-state index in [0.29, 0.717) is 22.9 Å². The number of rotatable bonds is 8. The summed E-state index contributed by atoms with van der Waals surface area (Å²) in [6, 6.07) is 7.15. The Kier molecular flexibility index (Phi) is 5.83. The zero-order chi connectivity index (χ0) is 20.1. The lowest BCUT2D eigenvalue weighted by Crippen LogP contribution is -2.31. The Morgan fingerprint density at radius 2 is 2.00 bits per heavy atom. The van der Waals surface area contributed by atoms with Crippen molar-refractivity contribution in [2.75, 3.05) is 19.5 Å². The summed E-state index contributed by atoms with van der Waals surface area (Å²) in [6.07, 6.45) is 1.74. The average molecular weight is 387 g/mol. The third kappa shape index (κ3) is 4.25. The molecule has 148 valence electrons. The molecule has 4 amide bonds. The van der Waals surface area contributed by atoms with E-state index in [1.807, 2.05) is 0 Å². The SMILES string of the molecule is COc1ccc(NC(=O)CC[C@@H]2NC(=O)N(Cc3ccco3)C2=O)cc1OC. The standard InChI is InChI=1S/C19H21N3O6/c1-26-15-7-5-12(10-16(15)27-2)20-17(23)8-6-14-18(24)22(19(25)21-14)11-13-4-3-9-28-13/h3-5,7,9-10,14H,6,8,11H2,1-2H3,(H,20,23)(H,21,25)/t14-/m0/s1. The highest BCUT2D eigenvalue weighted by Gasteiger charge is 2.38. The van der Waals surface area contributed by atoms with E-state index in [1.165, 1.54) is 20.5 Å². The van der Waals surface area contributed by atoms with Gasteiger partial charge >= 0.3 is 6.03 Å². The second-order valence-corrected chi connectivity index (χ2v) is 6.16. The van der Waals surface area contributed by atoms with Crippen LogP contribution in [0.4, 0.5) is 10.5 Å². The Labute approximate surface area is 161 Å². The van der Waals surface area contributed by atoms with Crippen LogP contribution in [0.3, 0.4) is 0 Å². The maximum Gasteiger partial charge on any atom is 0.325 e. The quantitative estimate of drug-likeness (QED) is 0.672. The number of nitrogens with zero attached hydrogens (tertiary/aromatic N) is 1. The molecule has 1 fully saturated rings. The zero-order valence-electron chi connectivity index (χ0n) is 15.6. The number of nitrogens with one attached hydrogen (secondary N) is 2. The summed E-state index contributed by atoms with van der Waals surface area (Å²) in [5.41, 5.74) is 0.545. The fourth-order valence-electron chi connectivity index (χ4n) is 2.89. The average Bonchev–Trinajstić information content (AvgIpc) is 3.30. The molecule has 0 aliphatic carbocycles. The summed E-state index contributed by atoms with van der Waals surface area (Å²) in [5, 5.41) is 5.34. The van der Waals surface area contributed by atoms with E-state index in [-0.39, 0.29) is 31.2 Å². The first-order chi connectivity index (χ1) is 13.5. The number of urea groups is 1. The number of carbonyl (C=O) groups is 3. The minimum atomic E-state index is -0.737. The van der Waals surface area contributed by atoms with Gasteiger partial charge in [-0.25, -0.2) is 4.79 Å². The monoisotopic (exact) mass is 387 g/mol. The molecule has 9 nitrogen and oxygen atoms in total. The molecule has 28 heavy (non-hydrogen) atoms. The zero-order valence-corrected chi connectivity index (χ0v) is 15.6. The van der Waals surface area contributed by atoms with Crippen molar-refractivity contribution in [1.82, 2.24) is 10.2 Å². The summed E-state index contributed by atoms with van der Waals surface area (Å²) in [7, 11) is 3.03. The van der Waals surface area contributed by atoms with Crippen molar-refractivity contribution in [2.24, 2.45) is 0 Å². The number of benzene rings is 1. The van der Waals surface area contributed by atoms with Crippen molar-refractivity contribution in [3.05, 3.63) is 42.4 Å². The van der Waals surface area contributed by atoms with Gasteiger partial charge < -0.3 is 24.5 Å². The molecule has 9 heteroatoms. The maximum atomic E-state index is 12.4. The Hall–Kier alpha value is -3.49. The van der Waals surface area contributed by atoms with Crippen molar-refractivity contribution in [3.8, 4) is 11.5 Å². The second-order valence-electron chi connectivity index (χ2n) is 6.16. The first-order valence-corrected chi connectivity index (χ1v) is 8.68. The number of ether oxygens (including phenoxy) is 2. The Bertz CT molecular complexity index is 865. The van der Waals surface area contributed by atoms with E-state index in [9.17, 15) is 14.4 Å². The van der Waals surface area contributed by atoms with E-state index in [2.05, 4.69) is 10.6 Å². The maximum absolute atomic E-state index is 12.4. The van der Waals surface area contributed by atoms with Crippen molar-refractivity contribution in [1.29, 1.82) is 0 Å². The topological polar surface area (TPSA) is 110 Å². The lowest BCUT2D eigenvalue weighted by molar-refractivity contribution is -0.128. The molecule has 0 radical (unpaired) electrons. The number of hydrogen-bond donors (Lipinski definition) is 2. The molecule has 1 aromatic carbocycles. The number of imide groups is 1. The van der Waals surface area contributed by atoms with Crippen LogP contribution in [0.25, 0.3) is 0 Å². The molecule has 0 bridgehead atoms. The van der Waals surface area contributed by atoms with Gasteiger partial charge in [-0.15, -0.1) is 0 Å². The normalized spacial score (nSPS) is 16.1. The van der Waals surface area contributed by atoms with Crippen LogP contribution in [0.1, 0.15) is 18.6 Å². The van der Waals surface area contributed by atoms with Crippen molar-refractivity contribution >= 4 is 23.5 Å². The van der Waals surface area contributed by atoms with Crippen LogP contribution in [0, 0.1) is 0 Å². The van der Waals surface area contributed by atoms with Crippen molar-refractivity contribution < 1.29 is 28.3 Å². The lowest BCUT2D eigenvalue weighted by atomic mass is 10.1. The molecule has 3 rings (SSSR count). The predicted octanol–water partition coefficient (Wildman–Crippen LogP) is 2.14. The van der Waals surface area contributed by atoms with Gasteiger partial charge in [0.25, 0.3) is 5.91 Å². The molecule has 1 atom stereocenters. The first kappa shape index (κ1) is 19.3. The molecule has 2 N–H and O–H groups in total. The molecule has 1 aliphatic heterocycles.